The van der Waals surface area contributed by atoms with Crippen LogP contribution in [0, 0.1) is 6.92 Å². The van der Waals surface area contributed by atoms with Crippen LogP contribution in [-0.4, -0.2) is 46.2 Å². The van der Waals surface area contributed by atoms with Crippen molar-refractivity contribution in [2.45, 2.75) is 13.5 Å². The highest BCUT2D eigenvalue weighted by atomic mass is 32.1. The molecule has 2 heterocycles. The summed E-state index contributed by atoms with van der Waals surface area (Å²) < 4.78 is 0. The molecule has 0 spiro atoms. The van der Waals surface area contributed by atoms with Crippen LogP contribution in [0.4, 0.5) is 5.82 Å². The standard InChI is InChI=1S/C21H23N5S/c1-16-7-8-19-18(13-16)20(24-15-23-19)25-9-11-26(12-10-25)21(27)22-14-17-5-3-2-4-6-17/h2-8,13,15H,9-12,14H2,1H3,(H,22,27). The van der Waals surface area contributed by atoms with E-state index >= 15 is 0 Å². The van der Waals surface area contributed by atoms with Crippen LogP contribution in [0.15, 0.2) is 54.9 Å². The van der Waals surface area contributed by atoms with Crippen molar-refractivity contribution < 1.29 is 0 Å². The van der Waals surface area contributed by atoms with Crippen LogP contribution in [0.1, 0.15) is 11.1 Å². The zero-order valence-corrected chi connectivity index (χ0v) is 16.2. The Morgan fingerprint density at radius 2 is 1.81 bits per heavy atom. The SMILES string of the molecule is Cc1ccc2ncnc(N3CCN(C(=S)NCc4ccccc4)CC3)c2c1. The van der Waals surface area contributed by atoms with Gasteiger partial charge in [-0.25, -0.2) is 9.97 Å². The summed E-state index contributed by atoms with van der Waals surface area (Å²) in [6.45, 7) is 6.43. The quantitative estimate of drug-likeness (QED) is 0.708. The van der Waals surface area contributed by atoms with Gasteiger partial charge < -0.3 is 15.1 Å². The van der Waals surface area contributed by atoms with Crippen molar-refractivity contribution in [1.82, 2.24) is 20.2 Å². The molecule has 0 unspecified atom stereocenters. The molecule has 4 rings (SSSR count). The third-order valence-corrected chi connectivity index (χ3v) is 5.33. The van der Waals surface area contributed by atoms with E-state index in [1.807, 2.05) is 18.2 Å². The molecule has 2 aromatic carbocycles. The first-order valence-corrected chi connectivity index (χ1v) is 9.64. The fourth-order valence-corrected chi connectivity index (χ4v) is 3.67. The third kappa shape index (κ3) is 4.01. The number of thiocarbonyl (C=S) groups is 1. The number of nitrogens with one attached hydrogen (secondary N) is 1. The van der Waals surface area contributed by atoms with Crippen molar-refractivity contribution in [2.24, 2.45) is 0 Å². The zero-order valence-electron chi connectivity index (χ0n) is 15.4. The van der Waals surface area contributed by atoms with Gasteiger partial charge in [0.05, 0.1) is 5.52 Å². The summed E-state index contributed by atoms with van der Waals surface area (Å²) in [5.41, 5.74) is 3.46. The zero-order chi connectivity index (χ0) is 18.6. The van der Waals surface area contributed by atoms with Gasteiger partial charge in [0.2, 0.25) is 0 Å². The monoisotopic (exact) mass is 377 g/mol. The molecule has 138 valence electrons. The molecule has 0 atom stereocenters. The van der Waals surface area contributed by atoms with Crippen LogP contribution in [0.2, 0.25) is 0 Å². The minimum atomic E-state index is 0.760. The van der Waals surface area contributed by atoms with Crippen LogP contribution < -0.4 is 10.2 Å². The molecule has 1 fully saturated rings. The van der Waals surface area contributed by atoms with Crippen LogP contribution in [0.25, 0.3) is 10.9 Å². The Morgan fingerprint density at radius 1 is 1.04 bits per heavy atom. The third-order valence-electron chi connectivity index (χ3n) is 4.92. The average Bonchev–Trinajstić information content (AvgIpc) is 2.72. The number of anilines is 1. The summed E-state index contributed by atoms with van der Waals surface area (Å²) in [4.78, 5) is 13.5. The van der Waals surface area contributed by atoms with Gasteiger partial charge in [-0.15, -0.1) is 0 Å². The lowest BCUT2D eigenvalue weighted by Gasteiger charge is -2.37. The first-order valence-electron chi connectivity index (χ1n) is 9.24. The summed E-state index contributed by atoms with van der Waals surface area (Å²) in [6, 6.07) is 16.7. The highest BCUT2D eigenvalue weighted by Gasteiger charge is 2.21. The lowest BCUT2D eigenvalue weighted by Crippen LogP contribution is -2.51. The number of rotatable bonds is 3. The Labute approximate surface area is 165 Å². The maximum atomic E-state index is 5.59. The maximum Gasteiger partial charge on any atom is 0.169 e. The molecule has 6 heteroatoms. The minimum absolute atomic E-state index is 0.760. The molecule has 0 amide bonds. The average molecular weight is 378 g/mol. The van der Waals surface area contributed by atoms with E-state index in [9.17, 15) is 0 Å². The molecule has 0 aliphatic carbocycles. The number of benzene rings is 2. The van der Waals surface area contributed by atoms with Crippen molar-refractivity contribution in [3.8, 4) is 0 Å². The first kappa shape index (κ1) is 17.7. The molecule has 3 aromatic rings. The van der Waals surface area contributed by atoms with Gasteiger partial charge in [0, 0.05) is 38.1 Å². The summed E-state index contributed by atoms with van der Waals surface area (Å²) in [5, 5.41) is 5.32. The van der Waals surface area contributed by atoms with E-state index in [1.54, 1.807) is 6.33 Å². The highest BCUT2D eigenvalue weighted by Crippen LogP contribution is 2.24. The number of hydrogen-bond donors (Lipinski definition) is 1. The fourth-order valence-electron chi connectivity index (χ4n) is 3.42. The topological polar surface area (TPSA) is 44.3 Å². The van der Waals surface area contributed by atoms with E-state index in [1.165, 1.54) is 11.1 Å². The van der Waals surface area contributed by atoms with Gasteiger partial charge in [0.1, 0.15) is 12.1 Å². The van der Waals surface area contributed by atoms with E-state index in [2.05, 4.69) is 62.3 Å². The molecule has 1 aliphatic heterocycles. The molecule has 1 N–H and O–H groups in total. The fraction of sp³-hybridized carbons (Fsp3) is 0.286. The van der Waals surface area contributed by atoms with E-state index in [4.69, 9.17) is 12.2 Å². The molecule has 0 saturated carbocycles. The summed E-state index contributed by atoms with van der Waals surface area (Å²) in [6.07, 6.45) is 1.66. The van der Waals surface area contributed by atoms with Crippen molar-refractivity contribution in [3.05, 3.63) is 66.0 Å². The van der Waals surface area contributed by atoms with Crippen molar-refractivity contribution >= 4 is 34.1 Å². The van der Waals surface area contributed by atoms with Crippen LogP contribution in [0.5, 0.6) is 0 Å². The Morgan fingerprint density at radius 3 is 2.59 bits per heavy atom. The van der Waals surface area contributed by atoms with Gasteiger partial charge in [-0.1, -0.05) is 42.0 Å². The number of fused-ring (bicyclic) bond motifs is 1. The largest absolute Gasteiger partial charge is 0.358 e. The molecule has 1 aromatic heterocycles. The van der Waals surface area contributed by atoms with Crippen LogP contribution >= 0.6 is 12.2 Å². The Kier molecular flexibility index (Phi) is 5.16. The van der Waals surface area contributed by atoms with E-state index in [-0.39, 0.29) is 0 Å². The molecule has 0 radical (unpaired) electrons. The molecule has 1 saturated heterocycles. The molecule has 0 bridgehead atoms. The number of piperazine rings is 1. The van der Waals surface area contributed by atoms with Crippen LogP contribution in [0.3, 0.4) is 0 Å². The second kappa shape index (κ2) is 7.88. The summed E-state index contributed by atoms with van der Waals surface area (Å²) in [5.74, 6) is 1.02. The summed E-state index contributed by atoms with van der Waals surface area (Å²) in [7, 11) is 0. The minimum Gasteiger partial charge on any atom is -0.358 e. The van der Waals surface area contributed by atoms with Gasteiger partial charge >= 0.3 is 0 Å². The van der Waals surface area contributed by atoms with Gasteiger partial charge in [-0.2, -0.15) is 0 Å². The Balaban J connectivity index is 1.39. The lowest BCUT2D eigenvalue weighted by atomic mass is 10.1. The summed E-state index contributed by atoms with van der Waals surface area (Å²) >= 11 is 5.59. The van der Waals surface area contributed by atoms with Gasteiger partial charge in [0.25, 0.3) is 0 Å². The maximum absolute atomic E-state index is 5.59. The molecule has 5 nitrogen and oxygen atoms in total. The number of aromatic nitrogens is 2. The van der Waals surface area contributed by atoms with Crippen molar-refractivity contribution in [3.63, 3.8) is 0 Å². The molecule has 27 heavy (non-hydrogen) atoms. The number of hydrogen-bond acceptors (Lipinski definition) is 4. The second-order valence-electron chi connectivity index (χ2n) is 6.84. The highest BCUT2D eigenvalue weighted by molar-refractivity contribution is 7.80. The van der Waals surface area contributed by atoms with E-state index in [0.717, 1.165) is 54.6 Å². The molecule has 1 aliphatic rings. The van der Waals surface area contributed by atoms with Crippen molar-refractivity contribution in [2.75, 3.05) is 31.1 Å². The Bertz CT molecular complexity index is 936. The smallest absolute Gasteiger partial charge is 0.169 e. The first-order chi connectivity index (χ1) is 13.2. The van der Waals surface area contributed by atoms with Gasteiger partial charge in [-0.05, 0) is 36.8 Å². The predicted octanol–water partition coefficient (Wildman–Crippen LogP) is 3.13. The van der Waals surface area contributed by atoms with E-state index in [0.29, 0.717) is 0 Å². The lowest BCUT2D eigenvalue weighted by molar-refractivity contribution is 0.379. The number of aryl methyl sites for hydroxylation is 1. The van der Waals surface area contributed by atoms with Crippen LogP contribution in [-0.2, 0) is 6.54 Å². The predicted molar refractivity (Wildman–Crippen MR) is 114 cm³/mol. The van der Waals surface area contributed by atoms with Gasteiger partial charge in [0.15, 0.2) is 5.11 Å². The second-order valence-corrected chi connectivity index (χ2v) is 7.22. The Hall–Kier alpha value is -2.73. The van der Waals surface area contributed by atoms with Crippen molar-refractivity contribution in [1.29, 1.82) is 0 Å². The number of nitrogens with zero attached hydrogens (tertiary/aromatic N) is 4. The van der Waals surface area contributed by atoms with E-state index < -0.39 is 0 Å². The normalized spacial score (nSPS) is 14.4. The molecular weight excluding hydrogens is 354 g/mol. The molecular formula is C21H23N5S. The van der Waals surface area contributed by atoms with Gasteiger partial charge in [-0.3, -0.25) is 0 Å².